The van der Waals surface area contributed by atoms with E-state index >= 15 is 0 Å². The largest absolute Gasteiger partial charge is 0.480 e. The van der Waals surface area contributed by atoms with E-state index in [-0.39, 0.29) is 0 Å². The number of hydrogen-bond donors (Lipinski definition) is 2. The molecule has 0 aromatic carbocycles. The summed E-state index contributed by atoms with van der Waals surface area (Å²) in [6, 6.07) is -0.407. The van der Waals surface area contributed by atoms with E-state index in [2.05, 4.69) is 17.1 Å². The third-order valence-corrected chi connectivity index (χ3v) is 5.21. The van der Waals surface area contributed by atoms with Crippen LogP contribution < -0.4 is 5.32 Å². The van der Waals surface area contributed by atoms with Crippen LogP contribution in [0.1, 0.15) is 58.3 Å². The predicted octanol–water partition coefficient (Wildman–Crippen LogP) is 2.49. The van der Waals surface area contributed by atoms with Crippen LogP contribution in [0, 0.1) is 5.41 Å². The first-order chi connectivity index (χ1) is 9.65. The van der Waals surface area contributed by atoms with E-state index in [1.54, 1.807) is 0 Å². The van der Waals surface area contributed by atoms with Gasteiger partial charge in [0.1, 0.15) is 6.04 Å². The molecule has 20 heavy (non-hydrogen) atoms. The van der Waals surface area contributed by atoms with Gasteiger partial charge in [0.25, 0.3) is 0 Å². The summed E-state index contributed by atoms with van der Waals surface area (Å²) in [7, 11) is 0. The molecule has 0 radical (unpaired) electrons. The van der Waals surface area contributed by atoms with Gasteiger partial charge in [-0.1, -0.05) is 26.2 Å². The van der Waals surface area contributed by atoms with Gasteiger partial charge in [0.2, 0.25) is 0 Å². The molecule has 4 nitrogen and oxygen atoms in total. The van der Waals surface area contributed by atoms with E-state index in [9.17, 15) is 9.90 Å². The van der Waals surface area contributed by atoms with Crippen LogP contribution >= 0.6 is 0 Å². The maximum absolute atomic E-state index is 11.3. The van der Waals surface area contributed by atoms with Crippen molar-refractivity contribution < 1.29 is 9.90 Å². The van der Waals surface area contributed by atoms with E-state index < -0.39 is 12.0 Å². The normalized spacial score (nSPS) is 24.6. The highest BCUT2D eigenvalue weighted by Gasteiger charge is 2.36. The number of aliphatic carboxylic acids is 1. The Bertz CT molecular complexity index is 304. The first-order valence-corrected chi connectivity index (χ1v) is 8.34. The Balaban J connectivity index is 1.78. The molecule has 1 saturated heterocycles. The van der Waals surface area contributed by atoms with E-state index in [0.29, 0.717) is 12.0 Å². The van der Waals surface area contributed by atoms with Crippen LogP contribution in [0.25, 0.3) is 0 Å². The number of hydrogen-bond acceptors (Lipinski definition) is 3. The van der Waals surface area contributed by atoms with E-state index in [1.165, 1.54) is 44.9 Å². The van der Waals surface area contributed by atoms with Gasteiger partial charge in [-0.2, -0.15) is 0 Å². The number of carboxylic acids is 1. The number of nitrogens with one attached hydrogen (secondary N) is 1. The SMILES string of the molecule is CCCNC(CN1CCC2(CCCCC2)CC1)C(=O)O. The topological polar surface area (TPSA) is 52.6 Å². The third-order valence-electron chi connectivity index (χ3n) is 5.21. The number of carbonyl (C=O) groups is 1. The molecule has 1 atom stereocenters. The molecule has 1 aliphatic carbocycles. The van der Waals surface area contributed by atoms with E-state index in [0.717, 1.165) is 26.1 Å². The lowest BCUT2D eigenvalue weighted by Crippen LogP contribution is -2.50. The Labute approximate surface area is 122 Å². The molecular weight excluding hydrogens is 252 g/mol. The zero-order valence-corrected chi connectivity index (χ0v) is 12.9. The molecule has 0 amide bonds. The standard InChI is InChI=1S/C16H30N2O2/c1-2-10-17-14(15(19)20)13-18-11-8-16(9-12-18)6-4-3-5-7-16/h14,17H,2-13H2,1H3,(H,19,20). The van der Waals surface area contributed by atoms with Crippen LogP contribution in [-0.2, 0) is 4.79 Å². The van der Waals surface area contributed by atoms with Crippen molar-refractivity contribution in [1.29, 1.82) is 0 Å². The third kappa shape index (κ3) is 4.19. The lowest BCUT2D eigenvalue weighted by molar-refractivity contribution is -0.140. The monoisotopic (exact) mass is 282 g/mol. The Morgan fingerprint density at radius 1 is 1.20 bits per heavy atom. The first kappa shape index (κ1) is 15.8. The van der Waals surface area contributed by atoms with Crippen molar-refractivity contribution >= 4 is 5.97 Å². The molecule has 116 valence electrons. The molecule has 2 aliphatic rings. The van der Waals surface area contributed by atoms with Crippen molar-refractivity contribution in [1.82, 2.24) is 10.2 Å². The summed E-state index contributed by atoms with van der Waals surface area (Å²) in [6.07, 6.45) is 10.5. The van der Waals surface area contributed by atoms with Crippen molar-refractivity contribution in [3.8, 4) is 0 Å². The predicted molar refractivity (Wildman–Crippen MR) is 80.9 cm³/mol. The van der Waals surface area contributed by atoms with Gasteiger partial charge in [-0.15, -0.1) is 0 Å². The van der Waals surface area contributed by atoms with Gasteiger partial charge in [-0.3, -0.25) is 4.79 Å². The molecule has 0 bridgehead atoms. The van der Waals surface area contributed by atoms with Crippen LogP contribution in [0.4, 0.5) is 0 Å². The van der Waals surface area contributed by atoms with Crippen LogP contribution in [0.2, 0.25) is 0 Å². The molecule has 0 aromatic rings. The molecule has 0 aromatic heterocycles. The van der Waals surface area contributed by atoms with Gasteiger partial charge >= 0.3 is 5.97 Å². The summed E-state index contributed by atoms with van der Waals surface area (Å²) in [5, 5.41) is 12.4. The second-order valence-corrected chi connectivity index (χ2v) is 6.71. The minimum Gasteiger partial charge on any atom is -0.480 e. The summed E-state index contributed by atoms with van der Waals surface area (Å²) >= 11 is 0. The number of likely N-dealkylation sites (tertiary alicyclic amines) is 1. The van der Waals surface area contributed by atoms with Crippen LogP contribution in [-0.4, -0.2) is 48.2 Å². The van der Waals surface area contributed by atoms with Crippen LogP contribution in [0.15, 0.2) is 0 Å². The van der Waals surface area contributed by atoms with Crippen molar-refractivity contribution in [2.24, 2.45) is 5.41 Å². The Morgan fingerprint density at radius 3 is 2.40 bits per heavy atom. The van der Waals surface area contributed by atoms with E-state index in [4.69, 9.17) is 0 Å². The number of nitrogens with zero attached hydrogens (tertiary/aromatic N) is 1. The number of carboxylic acid groups (broad SMARTS) is 1. The first-order valence-electron chi connectivity index (χ1n) is 8.34. The fourth-order valence-corrected chi connectivity index (χ4v) is 3.82. The van der Waals surface area contributed by atoms with Crippen molar-refractivity contribution in [2.75, 3.05) is 26.2 Å². The molecule has 1 unspecified atom stereocenters. The molecule has 2 N–H and O–H groups in total. The molecule has 1 aliphatic heterocycles. The molecule has 1 saturated carbocycles. The van der Waals surface area contributed by atoms with Gasteiger partial charge in [-0.25, -0.2) is 0 Å². The Kier molecular flexibility index (Phi) is 5.85. The number of rotatable bonds is 6. The summed E-state index contributed by atoms with van der Waals surface area (Å²) in [5.41, 5.74) is 0.602. The minimum atomic E-state index is -0.712. The molecule has 4 heteroatoms. The average Bonchev–Trinajstić information content (AvgIpc) is 2.46. The Hall–Kier alpha value is -0.610. The highest BCUT2D eigenvalue weighted by Crippen LogP contribution is 2.44. The molecule has 2 rings (SSSR count). The van der Waals surface area contributed by atoms with Crippen molar-refractivity contribution in [2.45, 2.75) is 64.3 Å². The summed E-state index contributed by atoms with van der Waals surface area (Å²) in [6.45, 7) is 5.68. The molecule has 1 heterocycles. The fourth-order valence-electron chi connectivity index (χ4n) is 3.82. The zero-order chi connectivity index (χ0) is 14.4. The van der Waals surface area contributed by atoms with Gasteiger partial charge in [0.05, 0.1) is 0 Å². The van der Waals surface area contributed by atoms with Crippen molar-refractivity contribution in [3.05, 3.63) is 0 Å². The maximum atomic E-state index is 11.3. The summed E-state index contributed by atoms with van der Waals surface area (Å²) < 4.78 is 0. The molecule has 1 spiro atoms. The quantitative estimate of drug-likeness (QED) is 0.786. The minimum absolute atomic E-state index is 0.407. The van der Waals surface area contributed by atoms with E-state index in [1.807, 2.05) is 0 Å². The van der Waals surface area contributed by atoms with Crippen LogP contribution in [0.5, 0.6) is 0 Å². The van der Waals surface area contributed by atoms with Gasteiger partial charge in [0.15, 0.2) is 0 Å². The molecule has 2 fully saturated rings. The van der Waals surface area contributed by atoms with Gasteiger partial charge < -0.3 is 15.3 Å². The van der Waals surface area contributed by atoms with Crippen molar-refractivity contribution in [3.63, 3.8) is 0 Å². The maximum Gasteiger partial charge on any atom is 0.322 e. The summed E-state index contributed by atoms with van der Waals surface area (Å²) in [4.78, 5) is 13.6. The summed E-state index contributed by atoms with van der Waals surface area (Å²) in [5.74, 6) is -0.712. The lowest BCUT2D eigenvalue weighted by Gasteiger charge is -2.44. The van der Waals surface area contributed by atoms with Crippen LogP contribution in [0.3, 0.4) is 0 Å². The fraction of sp³-hybridized carbons (Fsp3) is 0.938. The smallest absolute Gasteiger partial charge is 0.322 e. The van der Waals surface area contributed by atoms with Gasteiger partial charge in [0, 0.05) is 6.54 Å². The lowest BCUT2D eigenvalue weighted by atomic mass is 9.68. The Morgan fingerprint density at radius 2 is 1.85 bits per heavy atom. The highest BCUT2D eigenvalue weighted by molar-refractivity contribution is 5.73. The second kappa shape index (κ2) is 7.41. The zero-order valence-electron chi connectivity index (χ0n) is 12.9. The van der Waals surface area contributed by atoms with Gasteiger partial charge in [-0.05, 0) is 57.2 Å². The highest BCUT2D eigenvalue weighted by atomic mass is 16.4. The second-order valence-electron chi connectivity index (χ2n) is 6.71. The molecular formula is C16H30N2O2. The average molecular weight is 282 g/mol. The number of piperidine rings is 1.